The van der Waals surface area contributed by atoms with E-state index in [0.29, 0.717) is 61.0 Å². The maximum atomic E-state index is 12.8. The van der Waals surface area contributed by atoms with Crippen LogP contribution in [-0.2, 0) is 57.2 Å². The predicted molar refractivity (Wildman–Crippen MR) is 280 cm³/mol. The molecule has 2 N–H and O–H groups in total. The zero-order chi connectivity index (χ0) is 53.9. The van der Waals surface area contributed by atoms with E-state index in [1.165, 1.54) is 13.8 Å². The second kappa shape index (κ2) is 48.1. The second-order valence-electron chi connectivity index (χ2n) is 20.7. The fourth-order valence-electron chi connectivity index (χ4n) is 7.85. The van der Waals surface area contributed by atoms with Gasteiger partial charge in [-0.05, 0) is 89.9 Å². The fraction of sp³-hybridized carbons (Fsp3) is 0.821. The molecule has 0 fully saturated rings. The average molecular weight is 1100 g/mol. The van der Waals surface area contributed by atoms with Crippen LogP contribution in [0.2, 0.25) is 0 Å². The number of hydrogen-bond donors (Lipinski definition) is 2. The minimum Gasteiger partial charge on any atom is -1.00 e. The lowest BCUT2D eigenvalue weighted by atomic mass is 10.0. The van der Waals surface area contributed by atoms with Crippen molar-refractivity contribution in [1.82, 2.24) is 0 Å². The molecule has 4 unspecified atom stereocenters. The van der Waals surface area contributed by atoms with Gasteiger partial charge in [0.05, 0.1) is 41.4 Å². The summed E-state index contributed by atoms with van der Waals surface area (Å²) in [5.41, 5.74) is 0. The van der Waals surface area contributed by atoms with Gasteiger partial charge >= 0.3 is 35.8 Å². The molecule has 4 atom stereocenters. The first-order valence-corrected chi connectivity index (χ1v) is 27.6. The molecule has 0 saturated heterocycles. The van der Waals surface area contributed by atoms with Crippen molar-refractivity contribution in [3.63, 3.8) is 0 Å². The molecule has 0 saturated carbocycles. The van der Waals surface area contributed by atoms with E-state index in [1.54, 1.807) is 12.2 Å². The van der Waals surface area contributed by atoms with Crippen LogP contribution in [0.15, 0.2) is 24.3 Å². The van der Waals surface area contributed by atoms with Crippen molar-refractivity contribution < 1.29 is 101 Å². The van der Waals surface area contributed by atoms with Gasteiger partial charge in [-0.1, -0.05) is 102 Å². The topological polar surface area (TPSA) is 198 Å². The number of carbonyl (C=O) groups is 6. The number of aliphatic hydroxyl groups is 2. The fourth-order valence-corrected chi connectivity index (χ4v) is 7.85. The number of rotatable bonds is 47. The van der Waals surface area contributed by atoms with Crippen LogP contribution >= 0.6 is 0 Å². The number of unbranched alkanes of at least 4 members (excludes halogenated alkanes) is 17. The minimum atomic E-state index is -0.880. The van der Waals surface area contributed by atoms with Crippen molar-refractivity contribution >= 4 is 35.8 Å². The Balaban J connectivity index is -0.0000252. The van der Waals surface area contributed by atoms with Gasteiger partial charge in [0.2, 0.25) is 0 Å². The Kier molecular flexibility index (Phi) is 48.7. The van der Waals surface area contributed by atoms with Gasteiger partial charge in [0.15, 0.2) is 13.1 Å². The first kappa shape index (κ1) is 75.0. The molecule has 16 nitrogen and oxygen atoms in total. The summed E-state index contributed by atoms with van der Waals surface area (Å²) in [4.78, 5) is 72.1. The summed E-state index contributed by atoms with van der Waals surface area (Å²) in [5.74, 6) is -1.81. The maximum Gasteiger partial charge on any atom is 0.362 e. The molecule has 18 heteroatoms. The van der Waals surface area contributed by atoms with Gasteiger partial charge in [0, 0.05) is 26.7 Å². The molecule has 434 valence electrons. The van der Waals surface area contributed by atoms with Gasteiger partial charge in [-0.2, -0.15) is 0 Å². The standard InChI is InChI=1S/C56H102N2O14.2ClH/c1-9-11-25-35-51(71-55(65)45-57(5,6)39-43-67-47(3)59)49(61)33-27-19-15-13-17-21-29-37-53(63)69-41-31-23-24-32-42-70-54(64)38-30-22-18-14-16-20-28-34-50(62)52(36-26-12-10-2)72-56(66)46-58(7,8)40-44-68-48(4)60;;/h27-28,33-34,49-52,61-62H,9-26,29-32,35-46H2,1-8H3;2*1H/q+2;;/p-2. The third-order valence-electron chi connectivity index (χ3n) is 12.4. The van der Waals surface area contributed by atoms with E-state index >= 15 is 0 Å². The molecule has 0 spiro atoms. The van der Waals surface area contributed by atoms with Gasteiger partial charge in [-0.25, -0.2) is 9.59 Å². The lowest BCUT2D eigenvalue weighted by Gasteiger charge is -2.29. The predicted octanol–water partition coefficient (Wildman–Crippen LogP) is 3.20. The number of hydrogen-bond acceptors (Lipinski definition) is 14. The zero-order valence-electron chi connectivity index (χ0n) is 47.1. The zero-order valence-corrected chi connectivity index (χ0v) is 48.6. The lowest BCUT2D eigenvalue weighted by Crippen LogP contribution is -3.00. The van der Waals surface area contributed by atoms with Crippen LogP contribution in [0.5, 0.6) is 0 Å². The van der Waals surface area contributed by atoms with Crippen molar-refractivity contribution in [2.24, 2.45) is 0 Å². The number of ether oxygens (including phenoxy) is 6. The Bertz CT molecular complexity index is 1420. The molecule has 0 rings (SSSR count). The summed E-state index contributed by atoms with van der Waals surface area (Å²) in [6.07, 6.45) is 26.6. The first-order chi connectivity index (χ1) is 34.3. The highest BCUT2D eigenvalue weighted by Crippen LogP contribution is 2.17. The van der Waals surface area contributed by atoms with Gasteiger partial charge in [0.25, 0.3) is 0 Å². The third-order valence-corrected chi connectivity index (χ3v) is 12.4. The Morgan fingerprint density at radius 1 is 0.432 bits per heavy atom. The van der Waals surface area contributed by atoms with Gasteiger partial charge < -0.3 is 72.4 Å². The van der Waals surface area contributed by atoms with Crippen LogP contribution in [-0.4, -0.2) is 160 Å². The monoisotopic (exact) mass is 1100 g/mol. The van der Waals surface area contributed by atoms with E-state index in [2.05, 4.69) is 13.8 Å². The Morgan fingerprint density at radius 2 is 0.770 bits per heavy atom. The van der Waals surface area contributed by atoms with Crippen molar-refractivity contribution in [3.05, 3.63) is 24.3 Å². The summed E-state index contributed by atoms with van der Waals surface area (Å²) in [6, 6.07) is 0. The number of esters is 6. The van der Waals surface area contributed by atoms with Crippen molar-refractivity contribution in [3.8, 4) is 0 Å². The van der Waals surface area contributed by atoms with Crippen molar-refractivity contribution in [2.45, 2.75) is 219 Å². The number of carbonyl (C=O) groups excluding carboxylic acids is 6. The molecular formula is C56H102Cl2N2O14. The Labute approximate surface area is 459 Å². The molecule has 0 heterocycles. The molecule has 0 aromatic heterocycles. The molecule has 0 bridgehead atoms. The summed E-state index contributed by atoms with van der Waals surface area (Å²) in [7, 11) is 7.49. The van der Waals surface area contributed by atoms with E-state index in [-0.39, 0.29) is 86.9 Å². The van der Waals surface area contributed by atoms with Crippen LogP contribution in [0, 0.1) is 0 Å². The molecule has 74 heavy (non-hydrogen) atoms. The molecule has 0 aromatic rings. The van der Waals surface area contributed by atoms with Crippen LogP contribution < -0.4 is 24.8 Å². The normalized spacial score (nSPS) is 13.3. The molecule has 0 aliphatic carbocycles. The van der Waals surface area contributed by atoms with Gasteiger partial charge in [-0.3, -0.25) is 19.2 Å². The maximum absolute atomic E-state index is 12.8. The van der Waals surface area contributed by atoms with Crippen LogP contribution in [0.3, 0.4) is 0 Å². The van der Waals surface area contributed by atoms with Crippen LogP contribution in [0.4, 0.5) is 0 Å². The summed E-state index contributed by atoms with van der Waals surface area (Å²) >= 11 is 0. The molecule has 0 aliphatic heterocycles. The highest BCUT2D eigenvalue weighted by atomic mass is 35.5. The van der Waals surface area contributed by atoms with Gasteiger partial charge in [-0.15, -0.1) is 0 Å². The summed E-state index contributed by atoms with van der Waals surface area (Å²) in [6.45, 7) is 9.34. The number of allylic oxidation sites excluding steroid dienone is 2. The quantitative estimate of drug-likeness (QED) is 0.0296. The second-order valence-corrected chi connectivity index (χ2v) is 20.7. The van der Waals surface area contributed by atoms with Crippen LogP contribution in [0.25, 0.3) is 0 Å². The van der Waals surface area contributed by atoms with Crippen LogP contribution in [0.1, 0.15) is 195 Å². The van der Waals surface area contributed by atoms with Gasteiger partial charge in [0.1, 0.15) is 50.7 Å². The number of nitrogens with zero attached hydrogens (tertiary/aromatic N) is 2. The summed E-state index contributed by atoms with van der Waals surface area (Å²) < 4.78 is 33.0. The minimum absolute atomic E-state index is 0. The third kappa shape index (κ3) is 47.2. The van der Waals surface area contributed by atoms with E-state index < -0.39 is 24.4 Å². The number of quaternary nitrogens is 2. The van der Waals surface area contributed by atoms with Crippen molar-refractivity contribution in [1.29, 1.82) is 0 Å². The Hall–Kier alpha value is -3.28. The molecular weight excluding hydrogens is 996 g/mol. The highest BCUT2D eigenvalue weighted by Gasteiger charge is 2.28. The summed E-state index contributed by atoms with van der Waals surface area (Å²) in [5, 5.41) is 21.7. The van der Waals surface area contributed by atoms with E-state index in [0.717, 1.165) is 141 Å². The highest BCUT2D eigenvalue weighted by molar-refractivity contribution is 5.71. The van der Waals surface area contributed by atoms with E-state index in [4.69, 9.17) is 28.4 Å². The van der Waals surface area contributed by atoms with E-state index in [1.807, 2.05) is 40.3 Å². The number of halogens is 2. The molecule has 0 aliphatic rings. The molecule has 0 aromatic carbocycles. The number of likely N-dealkylation sites (N-methyl/N-ethyl adjacent to an activating group) is 2. The average Bonchev–Trinajstić information content (AvgIpc) is 3.29. The first-order valence-electron chi connectivity index (χ1n) is 27.6. The lowest BCUT2D eigenvalue weighted by molar-refractivity contribution is -0.883. The Morgan fingerprint density at radius 3 is 1.12 bits per heavy atom. The van der Waals surface area contributed by atoms with E-state index in [9.17, 15) is 39.0 Å². The smallest absolute Gasteiger partial charge is 0.362 e. The SMILES string of the molecule is CCCCCC(OC(=O)C[N+](C)(C)CCOC(C)=O)C(O)C=CCCCCCCCC(=O)OCCCCCCOC(=O)CCCCCCCC=CC(O)C(CCCCC)OC(=O)C[N+](C)(C)CCOC(C)=O.[Cl-].[Cl-]. The molecule has 0 radical (unpaired) electrons. The largest absolute Gasteiger partial charge is 1.00 e. The number of aliphatic hydroxyl groups excluding tert-OH is 2. The molecule has 0 amide bonds. The van der Waals surface area contributed by atoms with Crippen molar-refractivity contribution in [2.75, 3.05) is 80.8 Å².